The van der Waals surface area contributed by atoms with Gasteiger partial charge < -0.3 is 10.7 Å². The van der Waals surface area contributed by atoms with Crippen LogP contribution in [-0.4, -0.2) is 15.8 Å². The predicted octanol–water partition coefficient (Wildman–Crippen LogP) is 4.54. The molecule has 0 aliphatic rings. The molecular formula is C19H26FN3O. The first-order valence-electron chi connectivity index (χ1n) is 8.68. The highest BCUT2D eigenvalue weighted by Gasteiger charge is 2.11. The van der Waals surface area contributed by atoms with Crippen LogP contribution < -0.4 is 5.73 Å². The van der Waals surface area contributed by atoms with Crippen LogP contribution in [0.4, 0.5) is 4.39 Å². The van der Waals surface area contributed by atoms with Gasteiger partial charge in [-0.1, -0.05) is 19.8 Å². The zero-order chi connectivity index (χ0) is 17.4. The molecular weight excluding hydrogens is 305 g/mol. The summed E-state index contributed by atoms with van der Waals surface area (Å²) in [4.78, 5) is 19.1. The van der Waals surface area contributed by atoms with E-state index in [0.717, 1.165) is 49.2 Å². The number of benzene rings is 1. The summed E-state index contributed by atoms with van der Waals surface area (Å²) in [6.07, 6.45) is 7.85. The lowest BCUT2D eigenvalue weighted by molar-refractivity contribution is -0.119. The normalized spacial score (nSPS) is 12.3. The highest BCUT2D eigenvalue weighted by molar-refractivity contribution is 5.78. The quantitative estimate of drug-likeness (QED) is 0.628. The summed E-state index contributed by atoms with van der Waals surface area (Å²) >= 11 is 0. The third kappa shape index (κ3) is 5.57. The molecule has 3 N–H and O–H groups in total. The second-order valence-corrected chi connectivity index (χ2v) is 6.17. The number of nitrogens with two attached hydrogens (primary N) is 1. The largest absolute Gasteiger partial charge is 0.347 e. The molecule has 1 aromatic carbocycles. The average molecular weight is 331 g/mol. The number of carbonyl (C=O) groups excluding carboxylic acids is 1. The van der Waals surface area contributed by atoms with E-state index in [1.165, 1.54) is 12.1 Å². The Labute approximate surface area is 142 Å². The molecule has 0 unspecified atom stereocenters. The summed E-state index contributed by atoms with van der Waals surface area (Å²) in [6.45, 7) is 2.03. The first-order valence-corrected chi connectivity index (χ1v) is 8.68. The molecule has 0 aliphatic heterocycles. The lowest BCUT2D eigenvalue weighted by Crippen LogP contribution is -2.12. The summed E-state index contributed by atoms with van der Waals surface area (Å²) < 4.78 is 13.0. The van der Waals surface area contributed by atoms with Crippen molar-refractivity contribution in [2.24, 2.45) is 5.73 Å². The van der Waals surface area contributed by atoms with Gasteiger partial charge in [0.15, 0.2) is 0 Å². The van der Waals surface area contributed by atoms with Crippen molar-refractivity contribution in [2.75, 3.05) is 0 Å². The number of hydrogen-bond donors (Lipinski definition) is 2. The Morgan fingerprint density at radius 2 is 1.96 bits per heavy atom. The number of Topliss-reactive ketones (excluding diaryl/α,β-unsaturated/α-hetero) is 1. The van der Waals surface area contributed by atoms with E-state index in [2.05, 4.69) is 9.97 Å². The standard InChI is InChI=1S/C19H26FN3O/c1-2-6-16(24)7-4-3-5-8-17(21)19-22-13-18(23-19)14-9-11-15(20)12-10-14/h9-13,17H,2-8,21H2,1H3,(H,22,23)/t17-/m0/s1. The molecule has 0 spiro atoms. The fourth-order valence-corrected chi connectivity index (χ4v) is 2.70. The van der Waals surface area contributed by atoms with Crippen LogP contribution >= 0.6 is 0 Å². The Morgan fingerprint density at radius 3 is 2.67 bits per heavy atom. The molecule has 2 aromatic rings. The maximum Gasteiger partial charge on any atom is 0.132 e. The van der Waals surface area contributed by atoms with E-state index in [0.29, 0.717) is 18.6 Å². The fourth-order valence-electron chi connectivity index (χ4n) is 2.70. The number of ketones is 1. The van der Waals surface area contributed by atoms with Crippen LogP contribution in [0.25, 0.3) is 11.3 Å². The van der Waals surface area contributed by atoms with Gasteiger partial charge in [-0.05, 0) is 43.5 Å². The molecule has 1 aromatic heterocycles. The van der Waals surface area contributed by atoms with Gasteiger partial charge in [0.2, 0.25) is 0 Å². The van der Waals surface area contributed by atoms with Crippen molar-refractivity contribution in [3.8, 4) is 11.3 Å². The number of imidazole rings is 1. The third-order valence-corrected chi connectivity index (χ3v) is 4.09. The zero-order valence-corrected chi connectivity index (χ0v) is 14.2. The van der Waals surface area contributed by atoms with Gasteiger partial charge in [0.25, 0.3) is 0 Å². The van der Waals surface area contributed by atoms with Crippen molar-refractivity contribution in [3.05, 3.63) is 42.1 Å². The number of aromatic nitrogens is 2. The molecule has 24 heavy (non-hydrogen) atoms. The first-order chi connectivity index (χ1) is 11.6. The maximum absolute atomic E-state index is 13.0. The molecule has 1 atom stereocenters. The number of hydrogen-bond acceptors (Lipinski definition) is 3. The van der Waals surface area contributed by atoms with E-state index >= 15 is 0 Å². The zero-order valence-electron chi connectivity index (χ0n) is 14.2. The molecule has 0 radical (unpaired) electrons. The number of nitrogens with one attached hydrogen (secondary N) is 1. The Bertz CT molecular complexity index is 636. The number of nitrogens with zero attached hydrogens (tertiary/aromatic N) is 1. The molecule has 0 amide bonds. The van der Waals surface area contributed by atoms with Crippen LogP contribution in [0.15, 0.2) is 30.5 Å². The predicted molar refractivity (Wildman–Crippen MR) is 93.9 cm³/mol. The molecule has 5 heteroatoms. The van der Waals surface area contributed by atoms with Crippen molar-refractivity contribution in [1.82, 2.24) is 9.97 Å². The van der Waals surface area contributed by atoms with Gasteiger partial charge in [-0.25, -0.2) is 9.37 Å². The van der Waals surface area contributed by atoms with Crippen LogP contribution in [0.1, 0.15) is 63.7 Å². The van der Waals surface area contributed by atoms with Gasteiger partial charge in [0, 0.05) is 24.6 Å². The molecule has 4 nitrogen and oxygen atoms in total. The Morgan fingerprint density at radius 1 is 1.21 bits per heavy atom. The molecule has 0 saturated heterocycles. The first kappa shape index (κ1) is 18.3. The number of rotatable bonds is 10. The summed E-state index contributed by atoms with van der Waals surface area (Å²) in [5.41, 5.74) is 7.81. The summed E-state index contributed by atoms with van der Waals surface area (Å²) in [7, 11) is 0. The molecule has 130 valence electrons. The number of unbranched alkanes of at least 4 members (excludes halogenated alkanes) is 2. The molecule has 2 rings (SSSR count). The Balaban J connectivity index is 1.76. The Kier molecular flexibility index (Phi) is 7.12. The fraction of sp³-hybridized carbons (Fsp3) is 0.474. The van der Waals surface area contributed by atoms with E-state index in [-0.39, 0.29) is 11.9 Å². The van der Waals surface area contributed by atoms with Crippen LogP contribution in [0.3, 0.4) is 0 Å². The Hall–Kier alpha value is -2.01. The van der Waals surface area contributed by atoms with E-state index in [1.54, 1.807) is 18.3 Å². The van der Waals surface area contributed by atoms with E-state index < -0.39 is 0 Å². The molecule has 0 saturated carbocycles. The van der Waals surface area contributed by atoms with Gasteiger partial charge >= 0.3 is 0 Å². The van der Waals surface area contributed by atoms with Gasteiger partial charge in [-0.2, -0.15) is 0 Å². The number of carbonyl (C=O) groups is 1. The van der Waals surface area contributed by atoms with Gasteiger partial charge in [0.05, 0.1) is 11.7 Å². The lowest BCUT2D eigenvalue weighted by Gasteiger charge is -2.08. The molecule has 0 bridgehead atoms. The smallest absolute Gasteiger partial charge is 0.132 e. The molecule has 0 fully saturated rings. The van der Waals surface area contributed by atoms with Gasteiger partial charge in [0.1, 0.15) is 17.4 Å². The minimum absolute atomic E-state index is 0.148. The van der Waals surface area contributed by atoms with Crippen LogP contribution in [-0.2, 0) is 4.79 Å². The number of halogens is 1. The summed E-state index contributed by atoms with van der Waals surface area (Å²) in [5, 5.41) is 0. The summed E-state index contributed by atoms with van der Waals surface area (Å²) in [6, 6.07) is 6.10. The highest BCUT2D eigenvalue weighted by atomic mass is 19.1. The third-order valence-electron chi connectivity index (χ3n) is 4.09. The molecule has 1 heterocycles. The SMILES string of the molecule is CCCC(=O)CCCCC[C@H](N)c1nc(-c2ccc(F)cc2)c[nH]1. The average Bonchev–Trinajstić information content (AvgIpc) is 3.05. The number of H-pyrrole nitrogens is 1. The van der Waals surface area contributed by atoms with Gasteiger partial charge in [-0.15, -0.1) is 0 Å². The second kappa shape index (κ2) is 9.33. The van der Waals surface area contributed by atoms with Crippen LogP contribution in [0.2, 0.25) is 0 Å². The minimum atomic E-state index is -0.261. The maximum atomic E-state index is 13.0. The van der Waals surface area contributed by atoms with E-state index in [4.69, 9.17) is 5.73 Å². The highest BCUT2D eigenvalue weighted by Crippen LogP contribution is 2.21. The van der Waals surface area contributed by atoms with Crippen molar-refractivity contribution >= 4 is 5.78 Å². The van der Waals surface area contributed by atoms with Crippen LogP contribution in [0.5, 0.6) is 0 Å². The van der Waals surface area contributed by atoms with Crippen molar-refractivity contribution < 1.29 is 9.18 Å². The topological polar surface area (TPSA) is 71.8 Å². The second-order valence-electron chi connectivity index (χ2n) is 6.17. The van der Waals surface area contributed by atoms with Crippen LogP contribution in [0, 0.1) is 5.82 Å². The van der Waals surface area contributed by atoms with Gasteiger partial charge in [-0.3, -0.25) is 4.79 Å². The monoisotopic (exact) mass is 331 g/mol. The van der Waals surface area contributed by atoms with E-state index in [1.807, 2.05) is 6.92 Å². The van der Waals surface area contributed by atoms with Crippen molar-refractivity contribution in [1.29, 1.82) is 0 Å². The number of aromatic amines is 1. The summed E-state index contributed by atoms with van der Waals surface area (Å²) in [5.74, 6) is 0.844. The minimum Gasteiger partial charge on any atom is -0.347 e. The lowest BCUT2D eigenvalue weighted by atomic mass is 10.0. The van der Waals surface area contributed by atoms with Crippen molar-refractivity contribution in [2.45, 2.75) is 57.9 Å². The van der Waals surface area contributed by atoms with E-state index in [9.17, 15) is 9.18 Å². The molecule has 0 aliphatic carbocycles. The van der Waals surface area contributed by atoms with Crippen molar-refractivity contribution in [3.63, 3.8) is 0 Å².